The quantitative estimate of drug-likeness (QED) is 0.690. The van der Waals surface area contributed by atoms with Crippen LogP contribution in [0.3, 0.4) is 0 Å². The molecule has 2 nitrogen and oxygen atoms in total. The number of aryl methyl sites for hydroxylation is 1. The summed E-state index contributed by atoms with van der Waals surface area (Å²) in [4.78, 5) is 9.09. The van der Waals surface area contributed by atoms with E-state index < -0.39 is 0 Å². The standard InChI is InChI=1S/C16H13BrN2/c1-2-11-4-3-5-12(8-11)16-18-10-13-9-14(17)6-7-15(13)19-16/h3-10H,2H2,1H3. The molecule has 0 spiro atoms. The van der Waals surface area contributed by atoms with Crippen molar-refractivity contribution in [2.75, 3.05) is 0 Å². The van der Waals surface area contributed by atoms with E-state index in [1.54, 1.807) is 0 Å². The molecule has 0 saturated heterocycles. The molecule has 0 unspecified atom stereocenters. The molecule has 2 aromatic carbocycles. The second-order valence-corrected chi connectivity index (χ2v) is 5.37. The molecule has 19 heavy (non-hydrogen) atoms. The van der Waals surface area contributed by atoms with E-state index in [2.05, 4.69) is 57.1 Å². The first-order chi connectivity index (χ1) is 9.26. The third-order valence-electron chi connectivity index (χ3n) is 3.14. The zero-order chi connectivity index (χ0) is 13.2. The van der Waals surface area contributed by atoms with Gasteiger partial charge in [-0.2, -0.15) is 0 Å². The molecule has 94 valence electrons. The van der Waals surface area contributed by atoms with Crippen LogP contribution in [0.4, 0.5) is 0 Å². The SMILES string of the molecule is CCc1cccc(-c2ncc3cc(Br)ccc3n2)c1. The topological polar surface area (TPSA) is 25.8 Å². The van der Waals surface area contributed by atoms with E-state index in [4.69, 9.17) is 0 Å². The van der Waals surface area contributed by atoms with Gasteiger partial charge in [0.15, 0.2) is 5.82 Å². The number of aromatic nitrogens is 2. The van der Waals surface area contributed by atoms with E-state index in [1.165, 1.54) is 5.56 Å². The molecule has 0 bridgehead atoms. The van der Waals surface area contributed by atoms with Crippen LogP contribution in [0, 0.1) is 0 Å². The van der Waals surface area contributed by atoms with Crippen LogP contribution in [0.5, 0.6) is 0 Å². The first-order valence-electron chi connectivity index (χ1n) is 6.28. The van der Waals surface area contributed by atoms with Crippen LogP contribution >= 0.6 is 15.9 Å². The summed E-state index contributed by atoms with van der Waals surface area (Å²) in [6, 6.07) is 14.4. The lowest BCUT2D eigenvalue weighted by Gasteiger charge is -2.04. The van der Waals surface area contributed by atoms with Crippen LogP contribution in [-0.2, 0) is 6.42 Å². The number of benzene rings is 2. The molecule has 3 aromatic rings. The fraction of sp³-hybridized carbons (Fsp3) is 0.125. The molecule has 1 heterocycles. The number of fused-ring (bicyclic) bond motifs is 1. The van der Waals surface area contributed by atoms with Crippen molar-refractivity contribution in [1.29, 1.82) is 0 Å². The molecule has 0 aliphatic rings. The molecule has 0 atom stereocenters. The van der Waals surface area contributed by atoms with Crippen LogP contribution in [0.2, 0.25) is 0 Å². The van der Waals surface area contributed by atoms with Crippen molar-refractivity contribution in [1.82, 2.24) is 9.97 Å². The van der Waals surface area contributed by atoms with Gasteiger partial charge in [0.1, 0.15) is 0 Å². The van der Waals surface area contributed by atoms with E-state index >= 15 is 0 Å². The monoisotopic (exact) mass is 312 g/mol. The Hall–Kier alpha value is -1.74. The van der Waals surface area contributed by atoms with Gasteiger partial charge in [0.05, 0.1) is 5.52 Å². The number of hydrogen-bond donors (Lipinski definition) is 0. The van der Waals surface area contributed by atoms with Gasteiger partial charge in [-0.15, -0.1) is 0 Å². The van der Waals surface area contributed by atoms with Crippen molar-refractivity contribution in [3.63, 3.8) is 0 Å². The van der Waals surface area contributed by atoms with E-state index in [0.717, 1.165) is 33.2 Å². The van der Waals surface area contributed by atoms with Gasteiger partial charge in [0.25, 0.3) is 0 Å². The Kier molecular flexibility index (Phi) is 3.30. The molecular formula is C16H13BrN2. The molecule has 3 heteroatoms. The van der Waals surface area contributed by atoms with Gasteiger partial charge < -0.3 is 0 Å². The lowest BCUT2D eigenvalue weighted by Crippen LogP contribution is -1.91. The first-order valence-corrected chi connectivity index (χ1v) is 7.07. The predicted molar refractivity (Wildman–Crippen MR) is 82.1 cm³/mol. The van der Waals surface area contributed by atoms with Gasteiger partial charge in [-0.1, -0.05) is 41.1 Å². The zero-order valence-corrected chi connectivity index (χ0v) is 12.2. The Bertz CT molecular complexity index is 738. The Balaban J connectivity index is 2.12. The summed E-state index contributed by atoms with van der Waals surface area (Å²) in [5.41, 5.74) is 3.34. The Labute approximate surface area is 120 Å². The van der Waals surface area contributed by atoms with Gasteiger partial charge in [-0.3, -0.25) is 0 Å². The molecule has 1 aromatic heterocycles. The number of halogens is 1. The summed E-state index contributed by atoms with van der Waals surface area (Å²) in [5, 5.41) is 1.05. The number of hydrogen-bond acceptors (Lipinski definition) is 2. The normalized spacial score (nSPS) is 10.8. The highest BCUT2D eigenvalue weighted by atomic mass is 79.9. The molecule has 0 amide bonds. The molecule has 0 N–H and O–H groups in total. The van der Waals surface area contributed by atoms with Crippen molar-refractivity contribution in [3.8, 4) is 11.4 Å². The maximum Gasteiger partial charge on any atom is 0.159 e. The van der Waals surface area contributed by atoms with Crippen LogP contribution in [-0.4, -0.2) is 9.97 Å². The maximum atomic E-state index is 4.63. The average molecular weight is 313 g/mol. The van der Waals surface area contributed by atoms with Crippen LogP contribution in [0.15, 0.2) is 53.1 Å². The summed E-state index contributed by atoms with van der Waals surface area (Å²) < 4.78 is 1.05. The molecule has 3 rings (SSSR count). The molecule has 0 aliphatic heterocycles. The molecule has 0 fully saturated rings. The van der Waals surface area contributed by atoms with Crippen molar-refractivity contribution in [2.45, 2.75) is 13.3 Å². The molecule has 0 aliphatic carbocycles. The van der Waals surface area contributed by atoms with Crippen LogP contribution < -0.4 is 0 Å². The lowest BCUT2D eigenvalue weighted by atomic mass is 10.1. The summed E-state index contributed by atoms with van der Waals surface area (Å²) in [6.45, 7) is 2.15. The average Bonchev–Trinajstić information content (AvgIpc) is 2.46. The summed E-state index contributed by atoms with van der Waals surface area (Å²) in [7, 11) is 0. The summed E-state index contributed by atoms with van der Waals surface area (Å²) in [6.07, 6.45) is 2.90. The molecule has 0 saturated carbocycles. The minimum absolute atomic E-state index is 0.783. The van der Waals surface area contributed by atoms with Crippen molar-refractivity contribution in [2.24, 2.45) is 0 Å². The first kappa shape index (κ1) is 12.3. The Morgan fingerprint density at radius 1 is 1.11 bits per heavy atom. The van der Waals surface area contributed by atoms with E-state index in [1.807, 2.05) is 24.4 Å². The maximum absolute atomic E-state index is 4.63. The van der Waals surface area contributed by atoms with Gasteiger partial charge in [-0.05, 0) is 36.2 Å². The highest BCUT2D eigenvalue weighted by molar-refractivity contribution is 9.10. The minimum Gasteiger partial charge on any atom is -0.236 e. The summed E-state index contributed by atoms with van der Waals surface area (Å²) in [5.74, 6) is 0.783. The fourth-order valence-corrected chi connectivity index (χ4v) is 2.45. The predicted octanol–water partition coefficient (Wildman–Crippen LogP) is 4.62. The highest BCUT2D eigenvalue weighted by Gasteiger charge is 2.04. The van der Waals surface area contributed by atoms with Gasteiger partial charge in [0, 0.05) is 21.6 Å². The smallest absolute Gasteiger partial charge is 0.159 e. The second kappa shape index (κ2) is 5.10. The minimum atomic E-state index is 0.783. The van der Waals surface area contributed by atoms with Gasteiger partial charge >= 0.3 is 0 Å². The van der Waals surface area contributed by atoms with Crippen LogP contribution in [0.25, 0.3) is 22.3 Å². The fourth-order valence-electron chi connectivity index (χ4n) is 2.07. The third kappa shape index (κ3) is 2.51. The molecule has 0 radical (unpaired) electrons. The lowest BCUT2D eigenvalue weighted by molar-refractivity contribution is 1.13. The second-order valence-electron chi connectivity index (χ2n) is 4.45. The largest absolute Gasteiger partial charge is 0.236 e. The van der Waals surface area contributed by atoms with Crippen LogP contribution in [0.1, 0.15) is 12.5 Å². The van der Waals surface area contributed by atoms with E-state index in [-0.39, 0.29) is 0 Å². The highest BCUT2D eigenvalue weighted by Crippen LogP contribution is 2.22. The number of rotatable bonds is 2. The Morgan fingerprint density at radius 2 is 2.00 bits per heavy atom. The van der Waals surface area contributed by atoms with Crippen molar-refractivity contribution < 1.29 is 0 Å². The van der Waals surface area contributed by atoms with Crippen molar-refractivity contribution in [3.05, 3.63) is 58.7 Å². The van der Waals surface area contributed by atoms with Gasteiger partial charge in [-0.25, -0.2) is 9.97 Å². The summed E-state index contributed by atoms with van der Waals surface area (Å²) >= 11 is 3.46. The number of nitrogens with zero attached hydrogens (tertiary/aromatic N) is 2. The Morgan fingerprint density at radius 3 is 2.84 bits per heavy atom. The zero-order valence-electron chi connectivity index (χ0n) is 10.6. The molecular weight excluding hydrogens is 300 g/mol. The van der Waals surface area contributed by atoms with E-state index in [0.29, 0.717) is 0 Å². The van der Waals surface area contributed by atoms with Crippen molar-refractivity contribution >= 4 is 26.8 Å². The van der Waals surface area contributed by atoms with E-state index in [9.17, 15) is 0 Å². The van der Waals surface area contributed by atoms with Gasteiger partial charge in [0.2, 0.25) is 0 Å². The third-order valence-corrected chi connectivity index (χ3v) is 3.63.